The minimum atomic E-state index is -6.69. The first-order valence-electron chi connectivity index (χ1n) is 8.70. The van der Waals surface area contributed by atoms with Gasteiger partial charge in [-0.15, -0.1) is 0 Å². The van der Waals surface area contributed by atoms with E-state index in [0.29, 0.717) is 6.07 Å². The van der Waals surface area contributed by atoms with Crippen LogP contribution < -0.4 is 0 Å². The fourth-order valence-electron chi connectivity index (χ4n) is 2.97. The Morgan fingerprint density at radius 3 is 1.94 bits per heavy atom. The standard InChI is InChI=1S/C19H7BrF10N2O3/c20-13-5-10(16(21,18(25,26)27)19(28,29)30)4-12(17(22,23)24)11(13)6-15(33)8-1-2-9(7-31)14(3-8)32(34)35/h1-5H,6H2. The highest BCUT2D eigenvalue weighted by Gasteiger charge is 2.73. The van der Waals surface area contributed by atoms with Crippen molar-refractivity contribution in [3.8, 4) is 6.07 Å². The number of ketones is 1. The number of halogens is 11. The number of nitro benzene ring substituents is 1. The topological polar surface area (TPSA) is 84.0 Å². The first kappa shape index (κ1) is 28.0. The van der Waals surface area contributed by atoms with Gasteiger partial charge in [-0.25, -0.2) is 4.39 Å². The Morgan fingerprint density at radius 1 is 0.971 bits per heavy atom. The molecule has 16 heteroatoms. The third kappa shape index (κ3) is 5.24. The van der Waals surface area contributed by atoms with Crippen LogP contribution in [0.2, 0.25) is 0 Å². The van der Waals surface area contributed by atoms with Crippen molar-refractivity contribution in [2.45, 2.75) is 30.6 Å². The van der Waals surface area contributed by atoms with Crippen LogP contribution in [0.1, 0.15) is 32.6 Å². The Balaban J connectivity index is 2.70. The van der Waals surface area contributed by atoms with Crippen LogP contribution in [0.4, 0.5) is 49.6 Å². The van der Waals surface area contributed by atoms with Gasteiger partial charge in [0.2, 0.25) is 0 Å². The summed E-state index contributed by atoms with van der Waals surface area (Å²) < 4.78 is 132. The van der Waals surface area contributed by atoms with E-state index >= 15 is 0 Å². The molecule has 0 fully saturated rings. The van der Waals surface area contributed by atoms with Crippen LogP contribution >= 0.6 is 15.9 Å². The average molecular weight is 581 g/mol. The maximum atomic E-state index is 14.3. The van der Waals surface area contributed by atoms with Crippen molar-refractivity contribution in [2.24, 2.45) is 0 Å². The number of nitriles is 1. The zero-order valence-electron chi connectivity index (χ0n) is 16.4. The third-order valence-corrected chi connectivity index (χ3v) is 5.36. The van der Waals surface area contributed by atoms with E-state index in [9.17, 15) is 58.8 Å². The molecule has 0 saturated heterocycles. The molecule has 188 valence electrons. The van der Waals surface area contributed by atoms with Crippen molar-refractivity contribution >= 4 is 27.4 Å². The average Bonchev–Trinajstić information content (AvgIpc) is 2.71. The van der Waals surface area contributed by atoms with E-state index in [-0.39, 0.29) is 6.07 Å². The number of alkyl halides is 10. The molecular weight excluding hydrogens is 574 g/mol. The summed E-state index contributed by atoms with van der Waals surface area (Å²) >= 11 is 2.37. The summed E-state index contributed by atoms with van der Waals surface area (Å²) in [6, 6.07) is 2.80. The molecule has 0 aromatic heterocycles. The maximum absolute atomic E-state index is 14.3. The molecule has 2 aromatic carbocycles. The van der Waals surface area contributed by atoms with Crippen LogP contribution in [0.15, 0.2) is 34.8 Å². The highest BCUT2D eigenvalue weighted by Crippen LogP contribution is 2.54. The predicted molar refractivity (Wildman–Crippen MR) is 99.9 cm³/mol. The SMILES string of the molecule is N#Cc1ccc(C(=O)Cc2c(Br)cc(C(F)(C(F)(F)F)C(F)(F)F)cc2C(F)(F)F)cc1[N+](=O)[O-]. The molecule has 0 bridgehead atoms. The van der Waals surface area contributed by atoms with Crippen molar-refractivity contribution in [2.75, 3.05) is 0 Å². The highest BCUT2D eigenvalue weighted by atomic mass is 79.9. The van der Waals surface area contributed by atoms with Crippen LogP contribution in [0.25, 0.3) is 0 Å². The number of benzene rings is 2. The molecule has 0 aliphatic carbocycles. The Kier molecular flexibility index (Phi) is 7.28. The monoisotopic (exact) mass is 580 g/mol. The van der Waals surface area contributed by atoms with Crippen molar-refractivity contribution < 1.29 is 53.6 Å². The van der Waals surface area contributed by atoms with Crippen LogP contribution in [0.5, 0.6) is 0 Å². The van der Waals surface area contributed by atoms with Gasteiger partial charge in [-0.1, -0.05) is 15.9 Å². The van der Waals surface area contributed by atoms with E-state index in [4.69, 9.17) is 5.26 Å². The number of nitro groups is 1. The van der Waals surface area contributed by atoms with Gasteiger partial charge in [-0.05, 0) is 29.8 Å². The molecule has 2 aromatic rings. The first-order valence-corrected chi connectivity index (χ1v) is 9.49. The molecule has 0 aliphatic heterocycles. The van der Waals surface area contributed by atoms with Crippen molar-refractivity contribution in [3.05, 3.63) is 72.7 Å². The fraction of sp³-hybridized carbons (Fsp3) is 0.263. The Morgan fingerprint density at radius 2 is 1.51 bits per heavy atom. The van der Waals surface area contributed by atoms with Crippen LogP contribution in [0.3, 0.4) is 0 Å². The summed E-state index contributed by atoms with van der Waals surface area (Å²) in [6.07, 6.45) is -20.3. The number of carbonyl (C=O) groups is 1. The van der Waals surface area contributed by atoms with Gasteiger partial charge >= 0.3 is 24.2 Å². The Labute approximate surface area is 196 Å². The Bertz CT molecular complexity index is 1220. The molecule has 0 amide bonds. The second-order valence-electron chi connectivity index (χ2n) is 6.84. The van der Waals surface area contributed by atoms with Gasteiger partial charge in [0.25, 0.3) is 5.69 Å². The van der Waals surface area contributed by atoms with Gasteiger partial charge in [0.1, 0.15) is 11.6 Å². The van der Waals surface area contributed by atoms with E-state index in [1.165, 1.54) is 6.07 Å². The summed E-state index contributed by atoms with van der Waals surface area (Å²) in [7, 11) is 0. The number of hydrogen-bond acceptors (Lipinski definition) is 4. The molecule has 0 aliphatic rings. The normalized spacial score (nSPS) is 12.9. The molecule has 0 saturated carbocycles. The fourth-order valence-corrected chi connectivity index (χ4v) is 3.57. The minimum Gasteiger partial charge on any atom is -0.294 e. The number of nitrogens with zero attached hydrogens (tertiary/aromatic N) is 2. The van der Waals surface area contributed by atoms with Gasteiger partial charge < -0.3 is 0 Å². The lowest BCUT2D eigenvalue weighted by Crippen LogP contribution is -2.50. The third-order valence-electron chi connectivity index (χ3n) is 4.65. The van der Waals surface area contributed by atoms with Crippen molar-refractivity contribution in [3.63, 3.8) is 0 Å². The number of Topliss-reactive ketones (excluding diaryl/α,β-unsaturated/α-hetero) is 1. The summed E-state index contributed by atoms with van der Waals surface area (Å²) in [5.41, 5.74) is -13.9. The van der Waals surface area contributed by atoms with Gasteiger partial charge in [0.15, 0.2) is 5.78 Å². The minimum absolute atomic E-state index is 0.180. The molecule has 2 rings (SSSR count). The van der Waals surface area contributed by atoms with Gasteiger partial charge in [0.05, 0.1) is 10.5 Å². The molecule has 0 atom stereocenters. The predicted octanol–water partition coefficient (Wildman–Crippen LogP) is 6.96. The zero-order valence-corrected chi connectivity index (χ0v) is 18.0. The molecule has 5 nitrogen and oxygen atoms in total. The number of hydrogen-bond donors (Lipinski definition) is 0. The summed E-state index contributed by atoms with van der Waals surface area (Å²) in [5, 5.41) is 19.9. The lowest BCUT2D eigenvalue weighted by molar-refractivity contribution is -0.385. The molecular formula is C19H7BrF10N2O3. The number of rotatable bonds is 5. The van der Waals surface area contributed by atoms with E-state index in [1.54, 1.807) is 0 Å². The van der Waals surface area contributed by atoms with Crippen LogP contribution in [-0.4, -0.2) is 23.1 Å². The second-order valence-corrected chi connectivity index (χ2v) is 7.69. The molecule has 0 radical (unpaired) electrons. The maximum Gasteiger partial charge on any atom is 0.435 e. The van der Waals surface area contributed by atoms with Gasteiger partial charge in [0, 0.05) is 28.1 Å². The molecule has 0 N–H and O–H groups in total. The summed E-state index contributed by atoms with van der Waals surface area (Å²) in [5.74, 6) is -1.27. The van der Waals surface area contributed by atoms with E-state index < -0.39 is 85.4 Å². The molecule has 0 heterocycles. The van der Waals surface area contributed by atoms with Crippen LogP contribution in [0, 0.1) is 21.4 Å². The second kappa shape index (κ2) is 9.10. The van der Waals surface area contributed by atoms with Gasteiger partial charge in [-0.3, -0.25) is 14.9 Å². The first-order chi connectivity index (χ1) is 15.8. The van der Waals surface area contributed by atoms with Crippen molar-refractivity contribution in [1.29, 1.82) is 5.26 Å². The van der Waals surface area contributed by atoms with Crippen molar-refractivity contribution in [1.82, 2.24) is 0 Å². The zero-order chi connectivity index (χ0) is 27.1. The van der Waals surface area contributed by atoms with Crippen LogP contribution in [-0.2, 0) is 18.3 Å². The van der Waals surface area contributed by atoms with Gasteiger partial charge in [-0.2, -0.15) is 44.8 Å². The molecule has 0 unspecified atom stereocenters. The highest BCUT2D eigenvalue weighted by molar-refractivity contribution is 9.10. The van der Waals surface area contributed by atoms with E-state index in [0.717, 1.165) is 12.1 Å². The smallest absolute Gasteiger partial charge is 0.294 e. The lowest BCUT2D eigenvalue weighted by atomic mass is 9.89. The largest absolute Gasteiger partial charge is 0.435 e. The molecule has 35 heavy (non-hydrogen) atoms. The van der Waals surface area contributed by atoms with E-state index in [1.807, 2.05) is 0 Å². The molecule has 0 spiro atoms. The Hall–Kier alpha value is -3.22. The lowest BCUT2D eigenvalue weighted by Gasteiger charge is -2.31. The number of carbonyl (C=O) groups excluding carboxylic acids is 1. The quantitative estimate of drug-likeness (QED) is 0.166. The summed E-state index contributed by atoms with van der Waals surface area (Å²) in [6.45, 7) is 0. The summed E-state index contributed by atoms with van der Waals surface area (Å²) in [4.78, 5) is 22.4. The van der Waals surface area contributed by atoms with E-state index in [2.05, 4.69) is 15.9 Å².